The van der Waals surface area contributed by atoms with Gasteiger partial charge >= 0.3 is 0 Å². The molecule has 0 aliphatic carbocycles. The van der Waals surface area contributed by atoms with Crippen molar-refractivity contribution in [1.82, 2.24) is 4.90 Å². The molecule has 0 N–H and O–H groups in total. The number of hydrogen-bond acceptors (Lipinski definition) is 2. The van der Waals surface area contributed by atoms with Crippen LogP contribution in [0.15, 0.2) is 121 Å². The van der Waals surface area contributed by atoms with Crippen LogP contribution >= 0.6 is 8.58 Å². The van der Waals surface area contributed by atoms with Crippen molar-refractivity contribution in [2.24, 2.45) is 0 Å². The van der Waals surface area contributed by atoms with Crippen LogP contribution in [0.2, 0.25) is 0 Å². The molecule has 0 spiro atoms. The molecule has 0 aromatic heterocycles. The summed E-state index contributed by atoms with van der Waals surface area (Å²) in [4.78, 5) is 2.13. The van der Waals surface area contributed by atoms with Gasteiger partial charge in [0.25, 0.3) is 0 Å². The van der Waals surface area contributed by atoms with Gasteiger partial charge in [0.2, 0.25) is 0 Å². The largest absolute Gasteiger partial charge is 0.488 e. The summed E-state index contributed by atoms with van der Waals surface area (Å²) in [5, 5.41) is 1.06. The first-order valence-electron chi connectivity index (χ1n) is 16.5. The van der Waals surface area contributed by atoms with Crippen molar-refractivity contribution in [3.05, 3.63) is 166 Å². The molecule has 238 valence electrons. The molecular weight excluding hydrogens is 584 g/mol. The zero-order chi connectivity index (χ0) is 32.4. The van der Waals surface area contributed by atoms with Gasteiger partial charge in [-0.1, -0.05) is 138 Å². The van der Waals surface area contributed by atoms with E-state index in [-0.39, 0.29) is 11.0 Å². The Morgan fingerprint density at radius 3 is 1.87 bits per heavy atom. The lowest BCUT2D eigenvalue weighted by atomic mass is 9.85. The van der Waals surface area contributed by atoms with Crippen LogP contribution in [0.1, 0.15) is 72.1 Å². The highest BCUT2D eigenvalue weighted by atomic mass is 31.1. The predicted octanol–water partition coefficient (Wildman–Crippen LogP) is 10.1. The topological polar surface area (TPSA) is 12.5 Å². The third-order valence-electron chi connectivity index (χ3n) is 8.66. The fraction of sp³-hybridized carbons (Fsp3) is 0.286. The first kappa shape index (κ1) is 33.6. The molecule has 0 saturated heterocycles. The van der Waals surface area contributed by atoms with Gasteiger partial charge in [0.1, 0.15) is 18.2 Å². The van der Waals surface area contributed by atoms with Gasteiger partial charge < -0.3 is 9.64 Å². The number of benzene rings is 5. The summed E-state index contributed by atoms with van der Waals surface area (Å²) in [5.74, 6) is 0.827. The highest BCUT2D eigenvalue weighted by Gasteiger charge is 2.35. The minimum Gasteiger partial charge on any atom is -0.488 e. The minimum atomic E-state index is -0.176. The van der Waals surface area contributed by atoms with Crippen LogP contribution in [0, 0.1) is 5.82 Å². The number of halogens is 1. The maximum atomic E-state index is 14.6. The van der Waals surface area contributed by atoms with Gasteiger partial charge in [-0.15, -0.1) is 0 Å². The molecule has 2 nitrogen and oxygen atoms in total. The lowest BCUT2D eigenvalue weighted by Gasteiger charge is -2.37. The molecule has 46 heavy (non-hydrogen) atoms. The van der Waals surface area contributed by atoms with Crippen LogP contribution in [0.25, 0.3) is 0 Å². The van der Waals surface area contributed by atoms with Crippen LogP contribution in [-0.2, 0) is 31.1 Å². The van der Waals surface area contributed by atoms with E-state index in [1.807, 2.05) is 12.1 Å². The van der Waals surface area contributed by atoms with Crippen molar-refractivity contribution < 1.29 is 9.13 Å². The Kier molecular flexibility index (Phi) is 11.8. The van der Waals surface area contributed by atoms with E-state index in [0.717, 1.165) is 49.0 Å². The molecule has 0 saturated carbocycles. The van der Waals surface area contributed by atoms with E-state index in [2.05, 4.69) is 130 Å². The second-order valence-corrected chi connectivity index (χ2v) is 14.3. The molecule has 4 heteroatoms. The van der Waals surface area contributed by atoms with E-state index in [1.54, 1.807) is 12.1 Å². The van der Waals surface area contributed by atoms with E-state index >= 15 is 0 Å². The van der Waals surface area contributed by atoms with Crippen LogP contribution in [-0.4, -0.2) is 19.0 Å². The molecular formula is C42H47FNOP. The van der Waals surface area contributed by atoms with Gasteiger partial charge in [-0.25, -0.2) is 4.39 Å². The van der Waals surface area contributed by atoms with Crippen molar-refractivity contribution in [3.63, 3.8) is 0 Å². The minimum absolute atomic E-state index is 0.169. The summed E-state index contributed by atoms with van der Waals surface area (Å²) >= 11 is 0. The summed E-state index contributed by atoms with van der Waals surface area (Å²) in [6.45, 7) is 5.81. The first-order chi connectivity index (χ1) is 22.4. The van der Waals surface area contributed by atoms with Gasteiger partial charge in [-0.3, -0.25) is 0 Å². The lowest BCUT2D eigenvalue weighted by molar-refractivity contribution is 0.295. The Labute approximate surface area is 277 Å². The summed E-state index contributed by atoms with van der Waals surface area (Å²) in [6, 6.07) is 42.1. The summed E-state index contributed by atoms with van der Waals surface area (Å²) in [7, 11) is 4.57. The number of rotatable bonds is 15. The van der Waals surface area contributed by atoms with E-state index in [9.17, 15) is 4.39 Å². The smallest absolute Gasteiger partial charge is 0.127 e. The molecule has 0 heterocycles. The van der Waals surface area contributed by atoms with Crippen LogP contribution < -0.4 is 10.0 Å². The monoisotopic (exact) mass is 631 g/mol. The second-order valence-electron chi connectivity index (χ2n) is 12.6. The van der Waals surface area contributed by atoms with Gasteiger partial charge in [-0.2, -0.15) is 0 Å². The van der Waals surface area contributed by atoms with Gasteiger partial charge in [0, 0.05) is 23.7 Å². The third-order valence-corrected chi connectivity index (χ3v) is 10.8. The van der Waals surface area contributed by atoms with Crippen molar-refractivity contribution >= 4 is 13.9 Å². The lowest BCUT2D eigenvalue weighted by Crippen LogP contribution is -2.27. The van der Waals surface area contributed by atoms with Gasteiger partial charge in [0.05, 0.1) is 0 Å². The molecule has 5 rings (SSSR count). The highest BCUT2D eigenvalue weighted by molar-refractivity contribution is 7.48. The van der Waals surface area contributed by atoms with Crippen molar-refractivity contribution in [2.45, 2.75) is 64.3 Å². The Morgan fingerprint density at radius 1 is 0.674 bits per heavy atom. The summed E-state index contributed by atoms with van der Waals surface area (Å²) in [5.41, 5.74) is 8.58. The fourth-order valence-electron chi connectivity index (χ4n) is 6.45. The van der Waals surface area contributed by atoms with Gasteiger partial charge in [-0.05, 0) is 84.2 Å². The Morgan fingerprint density at radius 2 is 1.28 bits per heavy atom. The van der Waals surface area contributed by atoms with E-state index in [4.69, 9.17) is 4.74 Å². The maximum Gasteiger partial charge on any atom is 0.127 e. The third kappa shape index (κ3) is 8.72. The highest BCUT2D eigenvalue weighted by Crippen LogP contribution is 2.52. The number of nitrogens with zero attached hydrogens (tertiary/aromatic N) is 1. The molecule has 0 aliphatic rings. The Hall–Kier alpha value is -3.78. The normalized spacial score (nSPS) is 12.9. The van der Waals surface area contributed by atoms with Crippen LogP contribution in [0.3, 0.4) is 0 Å². The Bertz CT molecular complexity index is 1670. The van der Waals surface area contributed by atoms with Crippen LogP contribution in [0.4, 0.5) is 4.39 Å². The zero-order valence-electron chi connectivity index (χ0n) is 27.7. The molecule has 2 unspecified atom stereocenters. The molecule has 0 amide bonds. The first-order valence-corrected chi connectivity index (χ1v) is 17.5. The quantitative estimate of drug-likeness (QED) is 0.107. The molecule has 0 aliphatic heterocycles. The van der Waals surface area contributed by atoms with Gasteiger partial charge in [0.15, 0.2) is 0 Å². The average Bonchev–Trinajstić information content (AvgIpc) is 3.06. The average molecular weight is 632 g/mol. The molecule has 2 atom stereocenters. The van der Waals surface area contributed by atoms with Crippen LogP contribution in [0.5, 0.6) is 5.75 Å². The second kappa shape index (κ2) is 16.2. The fourth-order valence-corrected chi connectivity index (χ4v) is 8.32. The number of hydrogen-bond donors (Lipinski definition) is 0. The summed E-state index contributed by atoms with van der Waals surface area (Å²) < 4.78 is 21.6. The summed E-state index contributed by atoms with van der Waals surface area (Å²) in [6.07, 6.45) is 4.66. The van der Waals surface area contributed by atoms with Crippen molar-refractivity contribution in [3.8, 4) is 5.75 Å². The van der Waals surface area contributed by atoms with E-state index < -0.39 is 0 Å². The van der Waals surface area contributed by atoms with Crippen molar-refractivity contribution in [2.75, 3.05) is 14.1 Å². The van der Waals surface area contributed by atoms with Crippen molar-refractivity contribution in [1.29, 1.82) is 0 Å². The standard InChI is InChI=1S/C42H47FNOP/c1-5-24-42(6-2,46-40-23-22-38(43)29-37(40)30-44(3)4)39-28-35(25-32-16-10-7-11-17-32)27-36(26-33-18-12-8-13-19-33)41(39)45-31-34-20-14-9-15-21-34/h7-23,27-29,46H,5-6,24-26,30-31H2,1-4H3. The number of ether oxygens (including phenoxy) is 1. The predicted molar refractivity (Wildman–Crippen MR) is 194 cm³/mol. The SMILES string of the molecule is CCCC(CC)(Pc1ccc(F)cc1CN(C)C)c1cc(Cc2ccccc2)cc(Cc2ccccc2)c1OCc1ccccc1. The molecule has 5 aromatic rings. The molecule has 5 aromatic carbocycles. The zero-order valence-corrected chi connectivity index (χ0v) is 28.7. The Balaban J connectivity index is 1.71. The maximum absolute atomic E-state index is 14.6. The molecule has 0 bridgehead atoms. The molecule has 0 radical (unpaired) electrons. The van der Waals surface area contributed by atoms with E-state index in [0.29, 0.717) is 21.7 Å². The van der Waals surface area contributed by atoms with E-state index in [1.165, 1.54) is 33.1 Å². The molecule has 0 fully saturated rings.